The van der Waals surface area contributed by atoms with Gasteiger partial charge in [-0.2, -0.15) is 5.26 Å². The summed E-state index contributed by atoms with van der Waals surface area (Å²) in [6, 6.07) is 1.71. The lowest BCUT2D eigenvalue weighted by Gasteiger charge is -2.12. The van der Waals surface area contributed by atoms with E-state index >= 15 is 0 Å². The van der Waals surface area contributed by atoms with Crippen molar-refractivity contribution in [3.05, 3.63) is 12.7 Å². The van der Waals surface area contributed by atoms with Crippen molar-refractivity contribution in [1.29, 1.82) is 5.26 Å². The molecule has 0 aliphatic rings. The van der Waals surface area contributed by atoms with Crippen molar-refractivity contribution in [3.63, 3.8) is 0 Å². The molecule has 0 amide bonds. The van der Waals surface area contributed by atoms with Gasteiger partial charge in [0.05, 0.1) is 6.07 Å². The molecule has 0 saturated heterocycles. The Morgan fingerprint density at radius 2 is 2.23 bits per heavy atom. The summed E-state index contributed by atoms with van der Waals surface area (Å²) in [6.45, 7) is 4.31. The first-order valence-corrected chi connectivity index (χ1v) is 3.47. The van der Waals surface area contributed by atoms with Gasteiger partial charge in [-0.05, 0) is 0 Å². The predicted molar refractivity (Wildman–Crippen MR) is 42.1 cm³/mol. The maximum absolute atomic E-state index is 10.6. The van der Waals surface area contributed by atoms with Gasteiger partial charge in [-0.3, -0.25) is 4.79 Å². The van der Waals surface area contributed by atoms with Crippen LogP contribution >= 0.6 is 0 Å². The summed E-state index contributed by atoms with van der Waals surface area (Å²) in [7, 11) is 0. The Bertz CT molecular complexity index is 253. The minimum absolute atomic E-state index is 0.195. The fourth-order valence-corrected chi connectivity index (χ4v) is 0.545. The van der Waals surface area contributed by atoms with Crippen LogP contribution in [0.25, 0.3) is 0 Å². The average Bonchev–Trinajstić information content (AvgIpc) is 2.03. The van der Waals surface area contributed by atoms with Crippen LogP contribution in [0, 0.1) is 11.3 Å². The summed E-state index contributed by atoms with van der Waals surface area (Å²) < 4.78 is 9.04. The number of carbonyl (C=O) groups excluding carboxylic acids is 2. The van der Waals surface area contributed by atoms with E-state index in [1.807, 2.05) is 0 Å². The molecule has 0 fully saturated rings. The second-order valence-electron chi connectivity index (χ2n) is 2.04. The average molecular weight is 183 g/mol. The van der Waals surface area contributed by atoms with Crippen molar-refractivity contribution in [1.82, 2.24) is 0 Å². The zero-order chi connectivity index (χ0) is 10.3. The van der Waals surface area contributed by atoms with Crippen LogP contribution in [0.15, 0.2) is 12.7 Å². The van der Waals surface area contributed by atoms with Crippen molar-refractivity contribution in [2.24, 2.45) is 0 Å². The Morgan fingerprint density at radius 3 is 2.62 bits per heavy atom. The van der Waals surface area contributed by atoms with E-state index in [0.717, 1.165) is 13.0 Å². The molecular weight excluding hydrogens is 174 g/mol. The summed E-state index contributed by atoms with van der Waals surface area (Å²) in [6.07, 6.45) is -0.416. The number of hydrogen-bond acceptors (Lipinski definition) is 5. The molecule has 0 spiro atoms. The SMILES string of the molecule is C=CC(=O)OC(CC#N)OC(C)=O. The van der Waals surface area contributed by atoms with Crippen LogP contribution in [0.5, 0.6) is 0 Å². The zero-order valence-electron chi connectivity index (χ0n) is 7.15. The van der Waals surface area contributed by atoms with Crippen molar-refractivity contribution >= 4 is 11.9 Å². The molecule has 0 aromatic carbocycles. The molecule has 70 valence electrons. The summed E-state index contributed by atoms with van der Waals surface area (Å²) in [5.41, 5.74) is 0. The van der Waals surface area contributed by atoms with E-state index in [0.29, 0.717) is 0 Å². The molecule has 0 radical (unpaired) electrons. The smallest absolute Gasteiger partial charge is 0.333 e. The van der Waals surface area contributed by atoms with Gasteiger partial charge in [-0.1, -0.05) is 6.58 Å². The molecule has 0 aromatic heterocycles. The van der Waals surface area contributed by atoms with Gasteiger partial charge in [0.2, 0.25) is 0 Å². The first kappa shape index (κ1) is 11.2. The van der Waals surface area contributed by atoms with Crippen molar-refractivity contribution in [3.8, 4) is 6.07 Å². The quantitative estimate of drug-likeness (QED) is 0.360. The maximum Gasteiger partial charge on any atom is 0.333 e. The molecule has 0 N–H and O–H groups in total. The number of carbonyl (C=O) groups is 2. The van der Waals surface area contributed by atoms with Crippen molar-refractivity contribution in [2.75, 3.05) is 0 Å². The molecule has 0 aliphatic carbocycles. The Morgan fingerprint density at radius 1 is 1.62 bits per heavy atom. The van der Waals surface area contributed by atoms with E-state index in [9.17, 15) is 9.59 Å². The van der Waals surface area contributed by atoms with Gasteiger partial charge in [0, 0.05) is 13.0 Å². The van der Waals surface area contributed by atoms with Gasteiger partial charge < -0.3 is 9.47 Å². The lowest BCUT2D eigenvalue weighted by Crippen LogP contribution is -2.22. The van der Waals surface area contributed by atoms with Gasteiger partial charge in [0.1, 0.15) is 6.42 Å². The number of nitriles is 1. The van der Waals surface area contributed by atoms with Gasteiger partial charge in [-0.25, -0.2) is 4.79 Å². The van der Waals surface area contributed by atoms with Crippen LogP contribution in [0.3, 0.4) is 0 Å². The third-order valence-corrected chi connectivity index (χ3v) is 0.970. The molecule has 0 rings (SSSR count). The topological polar surface area (TPSA) is 76.4 Å². The summed E-state index contributed by atoms with van der Waals surface area (Å²) in [5.74, 6) is -1.35. The molecule has 0 bridgehead atoms. The Balaban J connectivity index is 4.09. The highest BCUT2D eigenvalue weighted by atomic mass is 16.7. The van der Waals surface area contributed by atoms with Crippen LogP contribution in [0.1, 0.15) is 13.3 Å². The first-order valence-electron chi connectivity index (χ1n) is 3.47. The highest BCUT2D eigenvalue weighted by Gasteiger charge is 2.14. The monoisotopic (exact) mass is 183 g/mol. The Hall–Kier alpha value is -1.83. The number of rotatable bonds is 4. The number of hydrogen-bond donors (Lipinski definition) is 0. The second-order valence-corrected chi connectivity index (χ2v) is 2.04. The molecular formula is C8H9NO4. The van der Waals surface area contributed by atoms with Crippen LogP contribution in [0.4, 0.5) is 0 Å². The molecule has 1 atom stereocenters. The minimum Gasteiger partial charge on any atom is -0.424 e. The van der Waals surface area contributed by atoms with Gasteiger partial charge in [-0.15, -0.1) is 0 Å². The molecule has 5 heteroatoms. The van der Waals surface area contributed by atoms with E-state index in [-0.39, 0.29) is 6.42 Å². The largest absolute Gasteiger partial charge is 0.424 e. The van der Waals surface area contributed by atoms with E-state index in [1.54, 1.807) is 6.07 Å². The number of nitrogens with zero attached hydrogens (tertiary/aromatic N) is 1. The predicted octanol–water partition coefficient (Wildman–Crippen LogP) is 0.518. The van der Waals surface area contributed by atoms with Crippen LogP contribution in [0.2, 0.25) is 0 Å². The van der Waals surface area contributed by atoms with Crippen LogP contribution in [-0.2, 0) is 19.1 Å². The third-order valence-electron chi connectivity index (χ3n) is 0.970. The zero-order valence-corrected chi connectivity index (χ0v) is 7.15. The van der Waals surface area contributed by atoms with E-state index in [1.165, 1.54) is 0 Å². The van der Waals surface area contributed by atoms with Crippen LogP contribution in [-0.4, -0.2) is 18.2 Å². The van der Waals surface area contributed by atoms with Gasteiger partial charge in [0.25, 0.3) is 6.29 Å². The van der Waals surface area contributed by atoms with Crippen molar-refractivity contribution < 1.29 is 19.1 Å². The molecule has 13 heavy (non-hydrogen) atoms. The number of ether oxygens (including phenoxy) is 2. The molecule has 0 saturated carbocycles. The molecule has 1 unspecified atom stereocenters. The summed E-state index contributed by atoms with van der Waals surface area (Å²) in [4.78, 5) is 21.1. The summed E-state index contributed by atoms with van der Waals surface area (Å²) in [5, 5.41) is 8.28. The number of esters is 2. The lowest BCUT2D eigenvalue weighted by atomic mass is 10.4. The van der Waals surface area contributed by atoms with E-state index in [4.69, 9.17) is 5.26 Å². The van der Waals surface area contributed by atoms with Crippen LogP contribution < -0.4 is 0 Å². The van der Waals surface area contributed by atoms with Crippen molar-refractivity contribution in [2.45, 2.75) is 19.6 Å². The highest BCUT2D eigenvalue weighted by molar-refractivity contribution is 5.81. The Kier molecular flexibility index (Phi) is 4.96. The minimum atomic E-state index is -1.15. The molecule has 0 aliphatic heterocycles. The normalized spacial score (nSPS) is 10.8. The van der Waals surface area contributed by atoms with Gasteiger partial charge >= 0.3 is 11.9 Å². The standard InChI is InChI=1S/C8H9NO4/c1-3-7(11)13-8(4-5-9)12-6(2)10/h3,8H,1,4H2,2H3. The van der Waals surface area contributed by atoms with Gasteiger partial charge in [0.15, 0.2) is 0 Å². The molecule has 0 heterocycles. The van der Waals surface area contributed by atoms with E-state index in [2.05, 4.69) is 16.1 Å². The second kappa shape index (κ2) is 5.77. The third kappa shape index (κ3) is 5.44. The highest BCUT2D eigenvalue weighted by Crippen LogP contribution is 2.01. The van der Waals surface area contributed by atoms with E-state index < -0.39 is 18.2 Å². The lowest BCUT2D eigenvalue weighted by molar-refractivity contribution is -0.181. The maximum atomic E-state index is 10.6. The Labute approximate surface area is 75.5 Å². The first-order chi connectivity index (χ1) is 6.10. The fourth-order valence-electron chi connectivity index (χ4n) is 0.545. The molecule has 0 aromatic rings. The summed E-state index contributed by atoms with van der Waals surface area (Å²) >= 11 is 0. The molecule has 5 nitrogen and oxygen atoms in total. The fraction of sp³-hybridized carbons (Fsp3) is 0.375.